The smallest absolute Gasteiger partial charge is 0.295 e. The van der Waals surface area contributed by atoms with E-state index in [1.807, 2.05) is 39.3 Å². The van der Waals surface area contributed by atoms with Crippen LogP contribution in [0.4, 0.5) is 0 Å². The van der Waals surface area contributed by atoms with E-state index in [0.717, 1.165) is 44.9 Å². The van der Waals surface area contributed by atoms with Gasteiger partial charge in [-0.05, 0) is 65.0 Å². The molecule has 1 aliphatic heterocycles. The van der Waals surface area contributed by atoms with Crippen LogP contribution in [0, 0.1) is 0 Å². The summed E-state index contributed by atoms with van der Waals surface area (Å²) < 4.78 is 17.0. The van der Waals surface area contributed by atoms with Crippen LogP contribution in [0.25, 0.3) is 0 Å². The Kier molecular flexibility index (Phi) is 10.3. The van der Waals surface area contributed by atoms with Gasteiger partial charge >= 0.3 is 0 Å². The van der Waals surface area contributed by atoms with Gasteiger partial charge in [-0.15, -0.1) is 0 Å². The summed E-state index contributed by atoms with van der Waals surface area (Å²) in [5.74, 6) is -0.139. The maximum Gasteiger partial charge on any atom is 0.295 e. The highest BCUT2D eigenvalue weighted by atomic mass is 28.4. The van der Waals surface area contributed by atoms with E-state index in [4.69, 9.17) is 13.6 Å². The van der Waals surface area contributed by atoms with E-state index in [1.54, 1.807) is 0 Å². The third-order valence-electron chi connectivity index (χ3n) is 4.34. The quantitative estimate of drug-likeness (QED) is 0.314. The fourth-order valence-electron chi connectivity index (χ4n) is 3.28. The first-order valence-corrected chi connectivity index (χ1v) is 17.4. The van der Waals surface area contributed by atoms with Gasteiger partial charge in [0.25, 0.3) is 11.9 Å². The summed E-state index contributed by atoms with van der Waals surface area (Å²) in [4.78, 5) is 23.6. The minimum absolute atomic E-state index is 0.0350. The predicted molar refractivity (Wildman–Crippen MR) is 114 cm³/mol. The lowest BCUT2D eigenvalue weighted by Gasteiger charge is -2.19. The first kappa shape index (κ1) is 24.4. The normalized spacial score (nSPS) is 20.5. The fourth-order valence-corrected chi connectivity index (χ4v) is 4.83. The molecule has 2 atom stereocenters. The van der Waals surface area contributed by atoms with Crippen LogP contribution in [0.1, 0.15) is 64.2 Å². The Labute approximate surface area is 167 Å². The second-order valence-electron chi connectivity index (χ2n) is 9.64. The predicted octanol–water partition coefficient (Wildman–Crippen LogP) is 5.41. The van der Waals surface area contributed by atoms with Gasteiger partial charge in [-0.2, -0.15) is 0 Å². The molecule has 27 heavy (non-hydrogen) atoms. The molecule has 0 spiro atoms. The van der Waals surface area contributed by atoms with Crippen LogP contribution in [0.3, 0.4) is 0 Å². The largest absolute Gasteiger partial charge is 0.520 e. The zero-order valence-corrected chi connectivity index (χ0v) is 20.3. The topological polar surface area (TPSA) is 61.8 Å². The van der Waals surface area contributed by atoms with Gasteiger partial charge in [0.1, 0.15) is 0 Å². The van der Waals surface area contributed by atoms with Crippen LogP contribution >= 0.6 is 0 Å². The maximum absolute atomic E-state index is 11.9. The standard InChI is InChI=1S/C20H40O5Si2/c1-26(2,3)24-19(21)13-11-9-7-8-10-12-17-14-15-18(23-17)16-20(22)25-27(4,5)6/h17-18H,7-16H2,1-6H3. The average Bonchev–Trinajstić information content (AvgIpc) is 2.89. The first-order chi connectivity index (χ1) is 12.4. The molecule has 0 aromatic rings. The third kappa shape index (κ3) is 13.2. The molecule has 0 bridgehead atoms. The van der Waals surface area contributed by atoms with Crippen molar-refractivity contribution in [1.82, 2.24) is 0 Å². The molecule has 1 saturated heterocycles. The Morgan fingerprint density at radius 1 is 0.778 bits per heavy atom. The fraction of sp³-hybridized carbons (Fsp3) is 0.900. The summed E-state index contributed by atoms with van der Waals surface area (Å²) in [5.41, 5.74) is 0. The average molecular weight is 417 g/mol. The molecule has 5 nitrogen and oxygen atoms in total. The van der Waals surface area contributed by atoms with Crippen molar-refractivity contribution in [2.24, 2.45) is 0 Å². The molecule has 0 N–H and O–H groups in total. The van der Waals surface area contributed by atoms with Gasteiger partial charge in [0, 0.05) is 6.42 Å². The molecule has 0 aromatic carbocycles. The zero-order chi connectivity index (χ0) is 20.5. The van der Waals surface area contributed by atoms with Gasteiger partial charge in [-0.3, -0.25) is 9.59 Å². The molecule has 1 heterocycles. The molecule has 0 aliphatic carbocycles. The van der Waals surface area contributed by atoms with Crippen molar-refractivity contribution < 1.29 is 23.2 Å². The number of hydrogen-bond donors (Lipinski definition) is 0. The summed E-state index contributed by atoms with van der Waals surface area (Å²) in [6.45, 7) is 12.2. The van der Waals surface area contributed by atoms with Crippen molar-refractivity contribution in [1.29, 1.82) is 0 Å². The lowest BCUT2D eigenvalue weighted by atomic mass is 10.0. The molecule has 7 heteroatoms. The molecule has 0 aromatic heterocycles. The minimum atomic E-state index is -1.80. The number of rotatable bonds is 12. The van der Waals surface area contributed by atoms with E-state index in [9.17, 15) is 9.59 Å². The lowest BCUT2D eigenvalue weighted by molar-refractivity contribution is -0.138. The Morgan fingerprint density at radius 3 is 1.93 bits per heavy atom. The number of unbranched alkanes of at least 4 members (excludes halogenated alkanes) is 4. The molecular formula is C20H40O5Si2. The summed E-state index contributed by atoms with van der Waals surface area (Å²) in [6, 6.07) is 0. The van der Waals surface area contributed by atoms with Crippen LogP contribution in [0.5, 0.6) is 0 Å². The van der Waals surface area contributed by atoms with Crippen molar-refractivity contribution in [2.45, 2.75) is 116 Å². The molecule has 1 rings (SSSR count). The second-order valence-corrected chi connectivity index (χ2v) is 18.5. The molecule has 1 fully saturated rings. The van der Waals surface area contributed by atoms with Crippen molar-refractivity contribution in [3.63, 3.8) is 0 Å². The first-order valence-electron chi connectivity index (χ1n) is 10.5. The van der Waals surface area contributed by atoms with Gasteiger partial charge in [0.15, 0.2) is 0 Å². The monoisotopic (exact) mass is 416 g/mol. The Hall–Kier alpha value is -0.666. The summed E-state index contributed by atoms with van der Waals surface area (Å²) in [7, 11) is -3.53. The molecule has 0 saturated carbocycles. The molecule has 1 aliphatic rings. The van der Waals surface area contributed by atoms with E-state index >= 15 is 0 Å². The number of carbonyl (C=O) groups is 2. The molecule has 0 radical (unpaired) electrons. The van der Waals surface area contributed by atoms with E-state index in [2.05, 4.69) is 0 Å². The van der Waals surface area contributed by atoms with Crippen molar-refractivity contribution in [3.8, 4) is 0 Å². The molecule has 0 amide bonds. The summed E-state index contributed by atoms with van der Waals surface area (Å²) in [5, 5.41) is 0. The summed E-state index contributed by atoms with van der Waals surface area (Å²) in [6.07, 6.45) is 9.83. The van der Waals surface area contributed by atoms with Crippen molar-refractivity contribution in [2.75, 3.05) is 0 Å². The molecule has 158 valence electrons. The summed E-state index contributed by atoms with van der Waals surface area (Å²) >= 11 is 0. The van der Waals surface area contributed by atoms with Gasteiger partial charge in [-0.25, -0.2) is 0 Å². The van der Waals surface area contributed by atoms with Gasteiger partial charge < -0.3 is 13.6 Å². The third-order valence-corrected chi connectivity index (χ3v) is 6.02. The highest BCUT2D eigenvalue weighted by Crippen LogP contribution is 2.26. The van der Waals surface area contributed by atoms with E-state index in [-0.39, 0.29) is 18.0 Å². The Morgan fingerprint density at radius 2 is 1.30 bits per heavy atom. The van der Waals surface area contributed by atoms with Crippen LogP contribution < -0.4 is 0 Å². The van der Waals surface area contributed by atoms with Crippen LogP contribution in [0.2, 0.25) is 39.3 Å². The number of hydrogen-bond acceptors (Lipinski definition) is 5. The highest BCUT2D eigenvalue weighted by molar-refractivity contribution is 6.71. The lowest BCUT2D eigenvalue weighted by Crippen LogP contribution is -2.31. The molecular weight excluding hydrogens is 376 g/mol. The van der Waals surface area contributed by atoms with Gasteiger partial charge in [0.05, 0.1) is 18.6 Å². The molecule has 2 unspecified atom stereocenters. The van der Waals surface area contributed by atoms with Crippen LogP contribution in [-0.2, 0) is 23.2 Å². The van der Waals surface area contributed by atoms with E-state index in [1.165, 1.54) is 6.42 Å². The van der Waals surface area contributed by atoms with E-state index in [0.29, 0.717) is 18.9 Å². The Balaban J connectivity index is 2.02. The number of ether oxygens (including phenoxy) is 1. The van der Waals surface area contributed by atoms with Crippen molar-refractivity contribution >= 4 is 28.6 Å². The Bertz CT molecular complexity index is 468. The zero-order valence-electron chi connectivity index (χ0n) is 18.3. The minimum Gasteiger partial charge on any atom is -0.520 e. The highest BCUT2D eigenvalue weighted by Gasteiger charge is 2.29. The number of carbonyl (C=O) groups excluding carboxylic acids is 2. The van der Waals surface area contributed by atoms with Crippen LogP contribution in [0.15, 0.2) is 0 Å². The maximum atomic E-state index is 11.9. The van der Waals surface area contributed by atoms with E-state index < -0.39 is 16.6 Å². The van der Waals surface area contributed by atoms with Gasteiger partial charge in [-0.1, -0.05) is 25.7 Å². The van der Waals surface area contributed by atoms with Gasteiger partial charge in [0.2, 0.25) is 16.6 Å². The second kappa shape index (κ2) is 11.4. The SMILES string of the molecule is C[Si](C)(C)OC(=O)CCCCCCCC1CCC(CC(=O)O[Si](C)(C)C)O1. The van der Waals surface area contributed by atoms with Crippen LogP contribution in [-0.4, -0.2) is 40.8 Å². The van der Waals surface area contributed by atoms with Crippen molar-refractivity contribution in [3.05, 3.63) is 0 Å².